The predicted molar refractivity (Wildman–Crippen MR) is 129 cm³/mol. The number of nitrogens with one attached hydrogen (secondary N) is 1. The van der Waals surface area contributed by atoms with E-state index in [9.17, 15) is 9.59 Å². The molecule has 1 aliphatic rings. The monoisotopic (exact) mass is 458 g/mol. The summed E-state index contributed by atoms with van der Waals surface area (Å²) in [6.07, 6.45) is 6.35. The number of rotatable bonds is 9. The number of benzene rings is 2. The lowest BCUT2D eigenvalue weighted by atomic mass is 9.95. The van der Waals surface area contributed by atoms with E-state index in [4.69, 9.17) is 11.6 Å². The van der Waals surface area contributed by atoms with Crippen molar-refractivity contribution in [1.29, 1.82) is 0 Å². The van der Waals surface area contributed by atoms with Crippen LogP contribution < -0.4 is 5.32 Å². The number of hydrogen-bond acceptors (Lipinski definition) is 3. The van der Waals surface area contributed by atoms with Crippen LogP contribution in [-0.2, 0) is 16.0 Å². The van der Waals surface area contributed by atoms with Gasteiger partial charge in [0.05, 0.1) is 5.75 Å². The van der Waals surface area contributed by atoms with Crippen molar-refractivity contribution in [2.24, 2.45) is 0 Å². The average Bonchev–Trinajstić information content (AvgIpc) is 2.80. The summed E-state index contributed by atoms with van der Waals surface area (Å²) in [7, 11) is 0. The third-order valence-electron chi connectivity index (χ3n) is 5.78. The highest BCUT2D eigenvalue weighted by Gasteiger charge is 2.27. The Labute approximate surface area is 194 Å². The summed E-state index contributed by atoms with van der Waals surface area (Å²) in [5, 5.41) is 3.85. The van der Waals surface area contributed by atoms with Crippen LogP contribution in [0.2, 0.25) is 5.02 Å². The first kappa shape index (κ1) is 23.7. The Hall–Kier alpha value is -1.98. The largest absolute Gasteiger partial charge is 0.352 e. The first-order valence-corrected chi connectivity index (χ1v) is 12.4. The highest BCUT2D eigenvalue weighted by molar-refractivity contribution is 8.00. The zero-order chi connectivity index (χ0) is 22.1. The molecule has 2 aromatic carbocycles. The van der Waals surface area contributed by atoms with E-state index in [-0.39, 0.29) is 23.6 Å². The molecule has 0 spiro atoms. The summed E-state index contributed by atoms with van der Waals surface area (Å²) >= 11 is 7.42. The summed E-state index contributed by atoms with van der Waals surface area (Å²) < 4.78 is 0. The van der Waals surface area contributed by atoms with Gasteiger partial charge in [0, 0.05) is 22.5 Å². The Balaban J connectivity index is 1.63. The molecule has 1 fully saturated rings. The second kappa shape index (κ2) is 12.2. The Kier molecular flexibility index (Phi) is 9.29. The summed E-state index contributed by atoms with van der Waals surface area (Å²) in [6.45, 7) is 2.36. The molecule has 2 amide bonds. The normalized spacial score (nSPS) is 15.3. The lowest BCUT2D eigenvalue weighted by Crippen LogP contribution is -2.51. The van der Waals surface area contributed by atoms with E-state index in [1.165, 1.54) is 18.2 Å². The third kappa shape index (κ3) is 7.58. The Morgan fingerprint density at radius 3 is 2.42 bits per heavy atom. The van der Waals surface area contributed by atoms with Gasteiger partial charge in [0.1, 0.15) is 6.04 Å². The van der Waals surface area contributed by atoms with Crippen LogP contribution in [0.4, 0.5) is 0 Å². The fraction of sp³-hybridized carbons (Fsp3) is 0.440. The molecular formula is C25H31ClN2O2S. The molecule has 0 unspecified atom stereocenters. The molecule has 6 heteroatoms. The lowest BCUT2D eigenvalue weighted by Gasteiger charge is -2.31. The topological polar surface area (TPSA) is 49.4 Å². The van der Waals surface area contributed by atoms with Gasteiger partial charge < -0.3 is 10.2 Å². The van der Waals surface area contributed by atoms with Crippen LogP contribution in [0.5, 0.6) is 0 Å². The molecule has 4 nitrogen and oxygen atoms in total. The Bertz CT molecular complexity index is 838. The number of halogens is 1. The van der Waals surface area contributed by atoms with Crippen molar-refractivity contribution in [1.82, 2.24) is 10.2 Å². The van der Waals surface area contributed by atoms with E-state index in [0.29, 0.717) is 11.6 Å². The van der Waals surface area contributed by atoms with Crippen molar-refractivity contribution in [3.8, 4) is 0 Å². The van der Waals surface area contributed by atoms with Crippen molar-refractivity contribution in [2.75, 3.05) is 12.3 Å². The number of amides is 2. The van der Waals surface area contributed by atoms with E-state index >= 15 is 0 Å². The standard InChI is InChI=1S/C25H31ClN2O2S/c1-19(25(30)27-22-10-6-3-7-11-22)28(17-16-20-8-4-2-5-9-20)24(29)18-31-23-14-12-21(26)13-15-23/h2,4-5,8-9,12-15,19,22H,3,6-7,10-11,16-18H2,1H3,(H,27,30)/t19-/m1/s1. The van der Waals surface area contributed by atoms with Gasteiger partial charge in [-0.25, -0.2) is 0 Å². The van der Waals surface area contributed by atoms with Crippen LogP contribution in [0.3, 0.4) is 0 Å². The summed E-state index contributed by atoms with van der Waals surface area (Å²) in [5.74, 6) is 0.212. The zero-order valence-electron chi connectivity index (χ0n) is 18.1. The predicted octanol–water partition coefficient (Wildman–Crippen LogP) is 5.34. The van der Waals surface area contributed by atoms with Gasteiger partial charge >= 0.3 is 0 Å². The van der Waals surface area contributed by atoms with Crippen LogP contribution in [0.25, 0.3) is 0 Å². The maximum atomic E-state index is 13.1. The smallest absolute Gasteiger partial charge is 0.242 e. The minimum Gasteiger partial charge on any atom is -0.352 e. The minimum atomic E-state index is -0.496. The quantitative estimate of drug-likeness (QED) is 0.516. The number of nitrogens with zero attached hydrogens (tertiary/aromatic N) is 1. The van der Waals surface area contributed by atoms with Gasteiger partial charge in [-0.2, -0.15) is 0 Å². The van der Waals surface area contributed by atoms with E-state index in [2.05, 4.69) is 17.4 Å². The number of hydrogen-bond donors (Lipinski definition) is 1. The van der Waals surface area contributed by atoms with Gasteiger partial charge in [-0.15, -0.1) is 11.8 Å². The molecule has 1 aliphatic carbocycles. The molecule has 31 heavy (non-hydrogen) atoms. The zero-order valence-corrected chi connectivity index (χ0v) is 19.6. The van der Waals surface area contributed by atoms with Gasteiger partial charge in [0.25, 0.3) is 0 Å². The fourth-order valence-corrected chi connectivity index (χ4v) is 4.81. The highest BCUT2D eigenvalue weighted by Crippen LogP contribution is 2.22. The SMILES string of the molecule is C[C@H](C(=O)NC1CCCCC1)N(CCc1ccccc1)C(=O)CSc1ccc(Cl)cc1. The Morgan fingerprint density at radius 1 is 1.06 bits per heavy atom. The molecule has 0 aromatic heterocycles. The van der Waals surface area contributed by atoms with E-state index in [0.717, 1.165) is 42.6 Å². The number of carbonyl (C=O) groups is 2. The van der Waals surface area contributed by atoms with Crippen LogP contribution in [0.15, 0.2) is 59.5 Å². The van der Waals surface area contributed by atoms with Gasteiger partial charge in [0.2, 0.25) is 11.8 Å². The third-order valence-corrected chi connectivity index (χ3v) is 7.03. The van der Waals surface area contributed by atoms with Gasteiger partial charge in [0.15, 0.2) is 0 Å². The average molecular weight is 459 g/mol. The highest BCUT2D eigenvalue weighted by atomic mass is 35.5. The van der Waals surface area contributed by atoms with Crippen molar-refractivity contribution in [2.45, 2.75) is 62.4 Å². The molecule has 0 saturated heterocycles. The molecular weight excluding hydrogens is 428 g/mol. The maximum absolute atomic E-state index is 13.1. The summed E-state index contributed by atoms with van der Waals surface area (Å²) in [5.41, 5.74) is 1.16. The molecule has 2 aromatic rings. The minimum absolute atomic E-state index is 0.0258. The van der Waals surface area contributed by atoms with Crippen LogP contribution in [0, 0.1) is 0 Å². The van der Waals surface area contributed by atoms with E-state index in [1.807, 2.05) is 49.4 Å². The van der Waals surface area contributed by atoms with E-state index < -0.39 is 6.04 Å². The summed E-state index contributed by atoms with van der Waals surface area (Å²) in [6, 6.07) is 17.3. The second-order valence-corrected chi connectivity index (χ2v) is 9.57. The van der Waals surface area contributed by atoms with Crippen molar-refractivity contribution in [3.63, 3.8) is 0 Å². The molecule has 1 atom stereocenters. The maximum Gasteiger partial charge on any atom is 0.242 e. The van der Waals surface area contributed by atoms with Gasteiger partial charge in [-0.05, 0) is 56.0 Å². The van der Waals surface area contributed by atoms with Crippen molar-refractivity contribution < 1.29 is 9.59 Å². The molecule has 0 radical (unpaired) electrons. The van der Waals surface area contributed by atoms with Crippen molar-refractivity contribution >= 4 is 35.2 Å². The van der Waals surface area contributed by atoms with Crippen molar-refractivity contribution in [3.05, 3.63) is 65.2 Å². The van der Waals surface area contributed by atoms with Crippen LogP contribution in [-0.4, -0.2) is 41.1 Å². The second-order valence-electron chi connectivity index (χ2n) is 8.08. The first-order valence-electron chi connectivity index (χ1n) is 11.0. The molecule has 3 rings (SSSR count). The van der Waals surface area contributed by atoms with Gasteiger partial charge in [-0.3, -0.25) is 9.59 Å². The van der Waals surface area contributed by atoms with Gasteiger partial charge in [-0.1, -0.05) is 61.2 Å². The number of carbonyl (C=O) groups excluding carboxylic acids is 2. The molecule has 1 N–H and O–H groups in total. The lowest BCUT2D eigenvalue weighted by molar-refractivity contribution is -0.138. The first-order chi connectivity index (χ1) is 15.0. The summed E-state index contributed by atoms with van der Waals surface area (Å²) in [4.78, 5) is 28.8. The molecule has 166 valence electrons. The number of thioether (sulfide) groups is 1. The molecule has 0 heterocycles. The van der Waals surface area contributed by atoms with E-state index in [1.54, 1.807) is 4.90 Å². The van der Waals surface area contributed by atoms with Crippen LogP contribution >= 0.6 is 23.4 Å². The Morgan fingerprint density at radius 2 is 1.74 bits per heavy atom. The molecule has 1 saturated carbocycles. The molecule has 0 bridgehead atoms. The molecule has 0 aliphatic heterocycles. The fourth-order valence-electron chi connectivity index (χ4n) is 3.90. The van der Waals surface area contributed by atoms with Crippen LogP contribution in [0.1, 0.15) is 44.6 Å².